The highest BCUT2D eigenvalue weighted by atomic mass is 16.8. The lowest BCUT2D eigenvalue weighted by molar-refractivity contribution is -0.388. The molecule has 21 nitrogen and oxygen atoms in total. The molecule has 5 rings (SSSR count). The first kappa shape index (κ1) is 38.4. The Bertz CT molecular complexity index is 1030. The summed E-state index contributed by atoms with van der Waals surface area (Å²) in [4.78, 5) is 0. The van der Waals surface area contributed by atoms with Gasteiger partial charge in [0.25, 0.3) is 0 Å². The average Bonchev–Trinajstić information content (AvgIpc) is 3.33. The van der Waals surface area contributed by atoms with E-state index in [9.17, 15) is 61.3 Å². The van der Waals surface area contributed by atoms with Crippen LogP contribution in [0.1, 0.15) is 13.8 Å². The summed E-state index contributed by atoms with van der Waals surface area (Å²) < 4.78 is 50.5. The second-order valence-electron chi connectivity index (χ2n) is 12.5. The Balaban J connectivity index is 1.35. The SMILES string of the molecule is C[C@@H]1O[C@H](O[C@H]2[C@@H](O[C@@H]3CO[C@@H](O)[C@H](O)[C@H]3O[C@@H]3OC[C@@H](O)[C@H](O)[C@H]3O[C@@H]3O[C@H](CO)[C@H](O)[C@H]3O)O[C@@H](C)[C@H](O)[C@H]2O)[C@H](O)[C@H](O)[C@H]1O. The van der Waals surface area contributed by atoms with Crippen molar-refractivity contribution in [3.8, 4) is 0 Å². The van der Waals surface area contributed by atoms with Gasteiger partial charge in [-0.25, -0.2) is 0 Å². The molecule has 0 radical (unpaired) electrons. The number of ether oxygens (including phenoxy) is 9. The van der Waals surface area contributed by atoms with Crippen molar-refractivity contribution < 1.29 is 104 Å². The molecule has 5 fully saturated rings. The third-order valence-electron chi connectivity index (χ3n) is 9.13. The summed E-state index contributed by atoms with van der Waals surface area (Å²) in [5, 5.41) is 124. The third kappa shape index (κ3) is 7.67. The van der Waals surface area contributed by atoms with Gasteiger partial charge in [0, 0.05) is 0 Å². The maximum atomic E-state index is 10.9. The van der Waals surface area contributed by atoms with E-state index in [1.807, 2.05) is 0 Å². The molecule has 5 saturated heterocycles. The van der Waals surface area contributed by atoms with Gasteiger partial charge in [-0.1, -0.05) is 0 Å². The quantitative estimate of drug-likeness (QED) is 0.106. The molecule has 0 aromatic heterocycles. The topological polar surface area (TPSA) is 326 Å². The van der Waals surface area contributed by atoms with Crippen LogP contribution in [0.15, 0.2) is 0 Å². The first-order valence-corrected chi connectivity index (χ1v) is 15.6. The highest BCUT2D eigenvalue weighted by Crippen LogP contribution is 2.34. The highest BCUT2D eigenvalue weighted by Gasteiger charge is 2.54. The summed E-state index contributed by atoms with van der Waals surface area (Å²) >= 11 is 0. The predicted octanol–water partition coefficient (Wildman–Crippen LogP) is -7.95. The molecule has 0 aliphatic carbocycles. The van der Waals surface area contributed by atoms with E-state index < -0.39 is 155 Å². The van der Waals surface area contributed by atoms with Crippen molar-refractivity contribution in [3.05, 3.63) is 0 Å². The second kappa shape index (κ2) is 15.8. The minimum Gasteiger partial charge on any atom is -0.394 e. The minimum atomic E-state index is -1.87. The van der Waals surface area contributed by atoms with Crippen molar-refractivity contribution in [3.63, 3.8) is 0 Å². The maximum Gasteiger partial charge on any atom is 0.187 e. The Labute approximate surface area is 273 Å². The van der Waals surface area contributed by atoms with Crippen LogP contribution in [-0.2, 0) is 42.6 Å². The van der Waals surface area contributed by atoms with E-state index in [2.05, 4.69) is 0 Å². The largest absolute Gasteiger partial charge is 0.394 e. The van der Waals surface area contributed by atoms with Gasteiger partial charge in [0.05, 0.1) is 32.0 Å². The molecule has 12 N–H and O–H groups in total. The molecule has 5 aliphatic rings. The molecule has 0 bridgehead atoms. The monoisotopic (exact) mass is 706 g/mol. The van der Waals surface area contributed by atoms with Crippen molar-refractivity contribution in [2.75, 3.05) is 19.8 Å². The van der Waals surface area contributed by atoms with Crippen LogP contribution in [-0.4, -0.2) is 216 Å². The van der Waals surface area contributed by atoms with E-state index in [0.717, 1.165) is 0 Å². The smallest absolute Gasteiger partial charge is 0.187 e. The fourth-order valence-electron chi connectivity index (χ4n) is 6.08. The van der Waals surface area contributed by atoms with E-state index >= 15 is 0 Å². The molecule has 21 heteroatoms. The van der Waals surface area contributed by atoms with Gasteiger partial charge in [-0.15, -0.1) is 0 Å². The standard InChI is InChI=1S/C27H46O21/c1-6-11(30)15(34)18(37)24(42-6)48-22-16(35)12(31)7(2)43-27(22)45-10-5-40-23(39)19(38)20(10)46-26-21(13(32)8(29)4-41-26)47-25-17(36)14(33)9(3-28)44-25/h6-39H,3-5H2,1-2H3/t6-,7-,8+,9+,10+,11-,12-,13-,14-,15+,16+,17+,18+,19+,20-,21+,22+,23+,24+,25-,26-,27+/m0/s1. The van der Waals surface area contributed by atoms with Crippen LogP contribution >= 0.6 is 0 Å². The number of aliphatic hydroxyl groups excluding tert-OH is 12. The molecule has 0 saturated carbocycles. The molecule has 280 valence electrons. The Morgan fingerprint density at radius 3 is 1.65 bits per heavy atom. The van der Waals surface area contributed by atoms with Crippen LogP contribution in [0.4, 0.5) is 0 Å². The summed E-state index contributed by atoms with van der Waals surface area (Å²) in [7, 11) is 0. The summed E-state index contributed by atoms with van der Waals surface area (Å²) in [5.74, 6) is 0. The van der Waals surface area contributed by atoms with Gasteiger partial charge < -0.3 is 104 Å². The van der Waals surface area contributed by atoms with Crippen molar-refractivity contribution >= 4 is 0 Å². The molecule has 5 aliphatic heterocycles. The van der Waals surface area contributed by atoms with Gasteiger partial charge in [-0.2, -0.15) is 0 Å². The lowest BCUT2D eigenvalue weighted by Crippen LogP contribution is -2.65. The molecule has 22 atom stereocenters. The summed E-state index contributed by atoms with van der Waals surface area (Å²) in [6.07, 6.45) is -34.6. The van der Waals surface area contributed by atoms with Crippen molar-refractivity contribution in [2.45, 2.75) is 149 Å². The van der Waals surface area contributed by atoms with E-state index in [1.54, 1.807) is 0 Å². The highest BCUT2D eigenvalue weighted by molar-refractivity contribution is 4.95. The zero-order chi connectivity index (χ0) is 35.2. The van der Waals surface area contributed by atoms with Crippen LogP contribution in [0, 0.1) is 0 Å². The van der Waals surface area contributed by atoms with E-state index in [1.165, 1.54) is 13.8 Å². The molecule has 5 heterocycles. The molecule has 48 heavy (non-hydrogen) atoms. The van der Waals surface area contributed by atoms with Crippen molar-refractivity contribution in [1.82, 2.24) is 0 Å². The van der Waals surface area contributed by atoms with Gasteiger partial charge in [0.1, 0.15) is 91.6 Å². The summed E-state index contributed by atoms with van der Waals surface area (Å²) in [6, 6.07) is 0. The number of aliphatic hydroxyl groups is 12. The minimum absolute atomic E-state index is 0.495. The lowest BCUT2D eigenvalue weighted by Gasteiger charge is -2.48. The third-order valence-corrected chi connectivity index (χ3v) is 9.13. The number of hydrogen-bond donors (Lipinski definition) is 12. The molecule has 0 unspecified atom stereocenters. The van der Waals surface area contributed by atoms with Crippen LogP contribution in [0.3, 0.4) is 0 Å². The van der Waals surface area contributed by atoms with Crippen LogP contribution in [0.2, 0.25) is 0 Å². The molecule has 0 aromatic rings. The molecular weight excluding hydrogens is 660 g/mol. The van der Waals surface area contributed by atoms with Crippen LogP contribution < -0.4 is 0 Å². The van der Waals surface area contributed by atoms with Crippen molar-refractivity contribution in [2.24, 2.45) is 0 Å². The number of hydrogen-bond acceptors (Lipinski definition) is 21. The van der Waals surface area contributed by atoms with E-state index in [4.69, 9.17) is 42.6 Å². The Hall–Kier alpha value is -0.840. The van der Waals surface area contributed by atoms with Gasteiger partial charge in [-0.3, -0.25) is 0 Å². The predicted molar refractivity (Wildman–Crippen MR) is 146 cm³/mol. The molecular formula is C27H46O21. The Morgan fingerprint density at radius 2 is 1.02 bits per heavy atom. The van der Waals surface area contributed by atoms with Gasteiger partial charge in [0.15, 0.2) is 31.5 Å². The average molecular weight is 707 g/mol. The molecule has 0 spiro atoms. The van der Waals surface area contributed by atoms with Gasteiger partial charge in [-0.05, 0) is 13.8 Å². The lowest BCUT2D eigenvalue weighted by atomic mass is 9.97. The fraction of sp³-hybridized carbons (Fsp3) is 1.00. The van der Waals surface area contributed by atoms with Crippen molar-refractivity contribution in [1.29, 1.82) is 0 Å². The molecule has 0 amide bonds. The fourth-order valence-corrected chi connectivity index (χ4v) is 6.08. The zero-order valence-corrected chi connectivity index (χ0v) is 25.9. The maximum absolute atomic E-state index is 10.9. The molecule has 0 aromatic carbocycles. The second-order valence-corrected chi connectivity index (χ2v) is 12.5. The zero-order valence-electron chi connectivity index (χ0n) is 25.9. The first-order valence-electron chi connectivity index (χ1n) is 15.6. The Morgan fingerprint density at radius 1 is 0.479 bits per heavy atom. The van der Waals surface area contributed by atoms with Gasteiger partial charge in [0.2, 0.25) is 0 Å². The number of rotatable bonds is 9. The summed E-state index contributed by atoms with van der Waals surface area (Å²) in [5.41, 5.74) is 0. The first-order chi connectivity index (χ1) is 22.6. The summed E-state index contributed by atoms with van der Waals surface area (Å²) in [6.45, 7) is 1.13. The van der Waals surface area contributed by atoms with E-state index in [-0.39, 0.29) is 0 Å². The Kier molecular flexibility index (Phi) is 12.6. The van der Waals surface area contributed by atoms with Gasteiger partial charge >= 0.3 is 0 Å². The van der Waals surface area contributed by atoms with Crippen LogP contribution in [0.5, 0.6) is 0 Å². The normalized spacial score (nSPS) is 55.1. The van der Waals surface area contributed by atoms with E-state index in [0.29, 0.717) is 0 Å². The van der Waals surface area contributed by atoms with Crippen LogP contribution in [0.25, 0.3) is 0 Å².